The van der Waals surface area contributed by atoms with E-state index >= 15 is 0 Å². The Kier molecular flexibility index (Phi) is 5.75. The van der Waals surface area contributed by atoms with Gasteiger partial charge in [0.15, 0.2) is 0 Å². The largest absolute Gasteiger partial charge is 0.351 e. The molecular formula is C16H23N3O2. The first-order valence-electron chi connectivity index (χ1n) is 7.58. The Labute approximate surface area is 125 Å². The molecule has 0 bridgehead atoms. The number of carbonyl (C=O) groups is 2. The maximum absolute atomic E-state index is 12.1. The number of benzene rings is 1. The molecular weight excluding hydrogens is 266 g/mol. The molecule has 0 atom stereocenters. The van der Waals surface area contributed by atoms with Crippen LogP contribution in [0.1, 0.15) is 42.5 Å². The first-order chi connectivity index (χ1) is 10.2. The molecule has 2 amide bonds. The summed E-state index contributed by atoms with van der Waals surface area (Å²) >= 11 is 0. The van der Waals surface area contributed by atoms with Gasteiger partial charge in [-0.25, -0.2) is 0 Å². The zero-order chi connectivity index (χ0) is 15.1. The predicted molar refractivity (Wildman–Crippen MR) is 83.0 cm³/mol. The maximum Gasteiger partial charge on any atom is 0.253 e. The second-order valence-electron chi connectivity index (χ2n) is 5.49. The average molecular weight is 289 g/mol. The molecule has 0 heterocycles. The fraction of sp³-hybridized carbons (Fsp3) is 0.500. The van der Waals surface area contributed by atoms with Crippen molar-refractivity contribution < 1.29 is 9.59 Å². The molecule has 1 aliphatic carbocycles. The number of para-hydroxylation sites is 1. The van der Waals surface area contributed by atoms with Gasteiger partial charge in [0.2, 0.25) is 5.91 Å². The van der Waals surface area contributed by atoms with Gasteiger partial charge in [0, 0.05) is 19.5 Å². The van der Waals surface area contributed by atoms with Crippen LogP contribution in [0.5, 0.6) is 0 Å². The van der Waals surface area contributed by atoms with E-state index in [1.54, 1.807) is 18.2 Å². The van der Waals surface area contributed by atoms with Gasteiger partial charge >= 0.3 is 0 Å². The van der Waals surface area contributed by atoms with E-state index in [4.69, 9.17) is 5.73 Å². The van der Waals surface area contributed by atoms with Crippen LogP contribution in [0.15, 0.2) is 24.3 Å². The van der Waals surface area contributed by atoms with Crippen LogP contribution in [0.4, 0.5) is 5.69 Å². The van der Waals surface area contributed by atoms with Gasteiger partial charge in [-0.3, -0.25) is 9.59 Å². The Morgan fingerprint density at radius 1 is 1.19 bits per heavy atom. The topological polar surface area (TPSA) is 84.2 Å². The number of carbonyl (C=O) groups excluding carboxylic acids is 2. The average Bonchev–Trinajstić information content (AvgIpc) is 2.98. The van der Waals surface area contributed by atoms with Crippen molar-refractivity contribution in [2.24, 2.45) is 11.7 Å². The molecule has 4 N–H and O–H groups in total. The molecule has 0 unspecified atom stereocenters. The molecule has 5 nitrogen and oxygen atoms in total. The van der Waals surface area contributed by atoms with E-state index < -0.39 is 0 Å². The van der Waals surface area contributed by atoms with Crippen LogP contribution in [0.2, 0.25) is 0 Å². The Morgan fingerprint density at radius 3 is 2.62 bits per heavy atom. The van der Waals surface area contributed by atoms with Crippen LogP contribution < -0.4 is 16.4 Å². The molecule has 0 aliphatic heterocycles. The highest BCUT2D eigenvalue weighted by atomic mass is 16.2. The van der Waals surface area contributed by atoms with Crippen LogP contribution >= 0.6 is 0 Å². The summed E-state index contributed by atoms with van der Waals surface area (Å²) in [5, 5.41) is 5.58. The van der Waals surface area contributed by atoms with E-state index in [1.165, 1.54) is 12.8 Å². The molecule has 0 spiro atoms. The fourth-order valence-electron chi connectivity index (χ4n) is 2.75. The van der Waals surface area contributed by atoms with E-state index in [1.807, 2.05) is 6.07 Å². The molecule has 0 aromatic heterocycles. The van der Waals surface area contributed by atoms with Crippen molar-refractivity contribution >= 4 is 17.5 Å². The van der Waals surface area contributed by atoms with Crippen molar-refractivity contribution in [1.82, 2.24) is 5.32 Å². The molecule has 0 radical (unpaired) electrons. The van der Waals surface area contributed by atoms with Crippen LogP contribution in [-0.4, -0.2) is 24.9 Å². The first-order valence-corrected chi connectivity index (χ1v) is 7.58. The Balaban J connectivity index is 1.98. The standard InChI is InChI=1S/C16H23N3O2/c17-9-10-18-16(21)13-7-3-4-8-14(13)19-15(20)11-12-5-1-2-6-12/h3-4,7-8,12H,1-2,5-6,9-11,17H2,(H,18,21)(H,19,20). The highest BCUT2D eigenvalue weighted by molar-refractivity contribution is 6.03. The van der Waals surface area contributed by atoms with Crippen molar-refractivity contribution in [3.8, 4) is 0 Å². The van der Waals surface area contributed by atoms with E-state index in [-0.39, 0.29) is 11.8 Å². The Bertz CT molecular complexity index is 496. The number of hydrogen-bond donors (Lipinski definition) is 3. The summed E-state index contributed by atoms with van der Waals surface area (Å²) in [6.45, 7) is 0.811. The number of nitrogens with one attached hydrogen (secondary N) is 2. The second kappa shape index (κ2) is 7.78. The molecule has 1 aromatic carbocycles. The third-order valence-corrected chi connectivity index (χ3v) is 3.82. The zero-order valence-electron chi connectivity index (χ0n) is 12.2. The molecule has 1 saturated carbocycles. The smallest absolute Gasteiger partial charge is 0.253 e. The van der Waals surface area contributed by atoms with Gasteiger partial charge in [0.25, 0.3) is 5.91 Å². The van der Waals surface area contributed by atoms with Gasteiger partial charge in [0.05, 0.1) is 11.3 Å². The normalized spacial score (nSPS) is 14.9. The Hall–Kier alpha value is -1.88. The summed E-state index contributed by atoms with van der Waals surface area (Å²) in [5.41, 5.74) is 6.42. The lowest BCUT2D eigenvalue weighted by atomic mass is 10.0. The lowest BCUT2D eigenvalue weighted by molar-refractivity contribution is -0.117. The van der Waals surface area contributed by atoms with E-state index in [9.17, 15) is 9.59 Å². The first kappa shape index (κ1) is 15.5. The number of anilines is 1. The SMILES string of the molecule is NCCNC(=O)c1ccccc1NC(=O)CC1CCCC1. The van der Waals surface area contributed by atoms with Crippen molar-refractivity contribution in [2.75, 3.05) is 18.4 Å². The molecule has 114 valence electrons. The van der Waals surface area contributed by atoms with Gasteiger partial charge in [-0.15, -0.1) is 0 Å². The molecule has 1 fully saturated rings. The minimum atomic E-state index is -0.211. The molecule has 1 aliphatic rings. The summed E-state index contributed by atoms with van der Waals surface area (Å²) < 4.78 is 0. The minimum absolute atomic E-state index is 0.0130. The lowest BCUT2D eigenvalue weighted by Crippen LogP contribution is -2.30. The summed E-state index contributed by atoms with van der Waals surface area (Å²) in [5.74, 6) is 0.265. The number of nitrogens with two attached hydrogens (primary N) is 1. The molecule has 0 saturated heterocycles. The third kappa shape index (κ3) is 4.56. The quantitative estimate of drug-likeness (QED) is 0.747. The van der Waals surface area contributed by atoms with Gasteiger partial charge < -0.3 is 16.4 Å². The Morgan fingerprint density at radius 2 is 1.90 bits per heavy atom. The van der Waals surface area contributed by atoms with Crippen molar-refractivity contribution in [1.29, 1.82) is 0 Å². The van der Waals surface area contributed by atoms with Crippen molar-refractivity contribution in [2.45, 2.75) is 32.1 Å². The molecule has 21 heavy (non-hydrogen) atoms. The van der Waals surface area contributed by atoms with Crippen molar-refractivity contribution in [3.63, 3.8) is 0 Å². The number of hydrogen-bond acceptors (Lipinski definition) is 3. The summed E-state index contributed by atoms with van der Waals surface area (Å²) in [4.78, 5) is 24.1. The third-order valence-electron chi connectivity index (χ3n) is 3.82. The second-order valence-corrected chi connectivity index (χ2v) is 5.49. The summed E-state index contributed by atoms with van der Waals surface area (Å²) in [7, 11) is 0. The predicted octanol–water partition coefficient (Wildman–Crippen LogP) is 1.89. The van der Waals surface area contributed by atoms with E-state index in [0.29, 0.717) is 36.7 Å². The maximum atomic E-state index is 12.1. The van der Waals surface area contributed by atoms with Crippen LogP contribution in [0.3, 0.4) is 0 Å². The van der Waals surface area contributed by atoms with Gasteiger partial charge in [-0.05, 0) is 30.9 Å². The van der Waals surface area contributed by atoms with Gasteiger partial charge in [-0.1, -0.05) is 25.0 Å². The monoisotopic (exact) mass is 289 g/mol. The van der Waals surface area contributed by atoms with Gasteiger partial charge in [-0.2, -0.15) is 0 Å². The molecule has 5 heteroatoms. The van der Waals surface area contributed by atoms with E-state index in [0.717, 1.165) is 12.8 Å². The van der Waals surface area contributed by atoms with Crippen LogP contribution in [-0.2, 0) is 4.79 Å². The van der Waals surface area contributed by atoms with Gasteiger partial charge in [0.1, 0.15) is 0 Å². The van der Waals surface area contributed by atoms with E-state index in [2.05, 4.69) is 10.6 Å². The number of rotatable bonds is 6. The van der Waals surface area contributed by atoms with Crippen molar-refractivity contribution in [3.05, 3.63) is 29.8 Å². The molecule has 1 aromatic rings. The highest BCUT2D eigenvalue weighted by Gasteiger charge is 2.19. The van der Waals surface area contributed by atoms with Crippen LogP contribution in [0.25, 0.3) is 0 Å². The summed E-state index contributed by atoms with van der Waals surface area (Å²) in [6.07, 6.45) is 5.24. The minimum Gasteiger partial charge on any atom is -0.351 e. The lowest BCUT2D eigenvalue weighted by Gasteiger charge is -2.13. The van der Waals surface area contributed by atoms with Crippen LogP contribution in [0, 0.1) is 5.92 Å². The molecule has 2 rings (SSSR count). The highest BCUT2D eigenvalue weighted by Crippen LogP contribution is 2.28. The summed E-state index contributed by atoms with van der Waals surface area (Å²) in [6, 6.07) is 7.05. The fourth-order valence-corrected chi connectivity index (χ4v) is 2.75. The number of amides is 2. The zero-order valence-corrected chi connectivity index (χ0v) is 12.2.